The van der Waals surface area contributed by atoms with Crippen LogP contribution in [0.2, 0.25) is 5.02 Å². The second-order valence-corrected chi connectivity index (χ2v) is 3.97. The van der Waals surface area contributed by atoms with Gasteiger partial charge in [0.15, 0.2) is 0 Å². The third-order valence-corrected chi connectivity index (χ3v) is 2.94. The summed E-state index contributed by atoms with van der Waals surface area (Å²) in [5, 5.41) is 0.753. The Morgan fingerprint density at radius 2 is 2.25 bits per heavy atom. The van der Waals surface area contributed by atoms with Gasteiger partial charge in [-0.2, -0.15) is 0 Å². The Kier molecular flexibility index (Phi) is 4.01. The summed E-state index contributed by atoms with van der Waals surface area (Å²) in [6.07, 6.45) is 2.20. The molecule has 0 N–H and O–H groups in total. The lowest BCUT2D eigenvalue weighted by molar-refractivity contribution is -0.107. The van der Waals surface area contributed by atoms with Gasteiger partial charge in [-0.15, -0.1) is 0 Å². The van der Waals surface area contributed by atoms with E-state index >= 15 is 0 Å². The lowest BCUT2D eigenvalue weighted by Crippen LogP contribution is -1.91. The molecule has 0 saturated carbocycles. The van der Waals surface area contributed by atoms with Gasteiger partial charge in [0.1, 0.15) is 6.29 Å². The molecule has 0 heterocycles. The first-order valence-electron chi connectivity index (χ1n) is 3.62. The topological polar surface area (TPSA) is 17.1 Å². The van der Waals surface area contributed by atoms with E-state index in [4.69, 9.17) is 11.6 Å². The lowest BCUT2D eigenvalue weighted by Gasteiger charge is -2.03. The highest BCUT2D eigenvalue weighted by Gasteiger charge is 2.03. The van der Waals surface area contributed by atoms with Crippen molar-refractivity contribution in [1.29, 1.82) is 0 Å². The quantitative estimate of drug-likeness (QED) is 0.618. The van der Waals surface area contributed by atoms with E-state index in [1.54, 1.807) is 0 Å². The lowest BCUT2D eigenvalue weighted by atomic mass is 10.1. The summed E-state index contributed by atoms with van der Waals surface area (Å²) in [6, 6.07) is 5.75. The first kappa shape index (κ1) is 9.99. The summed E-state index contributed by atoms with van der Waals surface area (Å²) in [6.45, 7) is 0. The molecule has 3 heteroatoms. The smallest absolute Gasteiger partial charge is 0.120 e. The van der Waals surface area contributed by atoms with Crippen LogP contribution in [0.5, 0.6) is 0 Å². The van der Waals surface area contributed by atoms with Crippen molar-refractivity contribution in [3.8, 4) is 0 Å². The summed E-state index contributed by atoms with van der Waals surface area (Å²) in [4.78, 5) is 10.2. The van der Waals surface area contributed by atoms with Crippen molar-refractivity contribution in [2.45, 2.75) is 12.8 Å². The predicted octanol–water partition coefficient (Wildman–Crippen LogP) is 3.08. The van der Waals surface area contributed by atoms with E-state index in [-0.39, 0.29) is 0 Å². The first-order chi connectivity index (χ1) is 5.75. The van der Waals surface area contributed by atoms with E-state index < -0.39 is 0 Å². The van der Waals surface area contributed by atoms with Gasteiger partial charge in [-0.05, 0) is 46.7 Å². The zero-order chi connectivity index (χ0) is 8.97. The molecule has 12 heavy (non-hydrogen) atoms. The first-order valence-corrected chi connectivity index (χ1v) is 5.08. The molecule has 0 radical (unpaired) electrons. The van der Waals surface area contributed by atoms with Gasteiger partial charge in [0.2, 0.25) is 0 Å². The van der Waals surface area contributed by atoms with E-state index in [1.807, 2.05) is 18.2 Å². The second kappa shape index (κ2) is 4.82. The van der Waals surface area contributed by atoms with E-state index in [2.05, 4.69) is 22.6 Å². The molecule has 0 aliphatic heterocycles. The SMILES string of the molecule is O=CCCc1c(Cl)cccc1I. The average Bonchev–Trinajstić information content (AvgIpc) is 2.04. The molecule has 1 nitrogen and oxygen atoms in total. The highest BCUT2D eigenvalue weighted by molar-refractivity contribution is 14.1. The molecular formula is C9H8ClIO. The molecule has 64 valence electrons. The Bertz CT molecular complexity index is 266. The van der Waals surface area contributed by atoms with Crippen molar-refractivity contribution >= 4 is 40.5 Å². The molecule has 0 atom stereocenters. The number of carbonyl (C=O) groups is 1. The molecule has 0 aromatic heterocycles. The maximum Gasteiger partial charge on any atom is 0.120 e. The number of rotatable bonds is 3. The Balaban J connectivity index is 2.88. The fraction of sp³-hybridized carbons (Fsp3) is 0.222. The molecule has 0 aliphatic rings. The Morgan fingerprint density at radius 1 is 1.50 bits per heavy atom. The summed E-state index contributed by atoms with van der Waals surface area (Å²) in [7, 11) is 0. The summed E-state index contributed by atoms with van der Waals surface area (Å²) < 4.78 is 1.13. The van der Waals surface area contributed by atoms with Gasteiger partial charge < -0.3 is 4.79 Å². The van der Waals surface area contributed by atoms with Crippen LogP contribution in [0.4, 0.5) is 0 Å². The molecular weight excluding hydrogens is 286 g/mol. The third kappa shape index (κ3) is 2.45. The predicted molar refractivity (Wildman–Crippen MR) is 58.6 cm³/mol. The van der Waals surface area contributed by atoms with Crippen LogP contribution in [0.1, 0.15) is 12.0 Å². The van der Waals surface area contributed by atoms with Crippen molar-refractivity contribution < 1.29 is 4.79 Å². The van der Waals surface area contributed by atoms with Gasteiger partial charge in [0.05, 0.1) is 0 Å². The normalized spacial score (nSPS) is 9.83. The Hall–Kier alpha value is -0.0900. The molecule has 0 amide bonds. The van der Waals surface area contributed by atoms with Crippen LogP contribution in [0.25, 0.3) is 0 Å². The van der Waals surface area contributed by atoms with Gasteiger partial charge in [-0.1, -0.05) is 17.7 Å². The van der Waals surface area contributed by atoms with Crippen LogP contribution in [0.3, 0.4) is 0 Å². The zero-order valence-corrected chi connectivity index (χ0v) is 9.30. The number of halogens is 2. The maximum atomic E-state index is 10.2. The number of hydrogen-bond donors (Lipinski definition) is 0. The number of hydrogen-bond acceptors (Lipinski definition) is 1. The van der Waals surface area contributed by atoms with Crippen LogP contribution in [-0.2, 0) is 11.2 Å². The molecule has 0 unspecified atom stereocenters. The van der Waals surface area contributed by atoms with E-state index in [9.17, 15) is 4.79 Å². The van der Waals surface area contributed by atoms with Crippen LogP contribution in [0, 0.1) is 3.57 Å². The largest absolute Gasteiger partial charge is 0.303 e. The number of benzene rings is 1. The molecule has 1 aromatic carbocycles. The summed E-state index contributed by atoms with van der Waals surface area (Å²) in [5.74, 6) is 0. The van der Waals surface area contributed by atoms with Crippen LogP contribution < -0.4 is 0 Å². The van der Waals surface area contributed by atoms with Crippen molar-refractivity contribution in [3.63, 3.8) is 0 Å². The molecule has 0 fully saturated rings. The highest BCUT2D eigenvalue weighted by atomic mass is 127. The molecule has 1 rings (SSSR count). The van der Waals surface area contributed by atoms with Crippen molar-refractivity contribution in [3.05, 3.63) is 32.4 Å². The van der Waals surface area contributed by atoms with Crippen molar-refractivity contribution in [1.82, 2.24) is 0 Å². The van der Waals surface area contributed by atoms with E-state index in [0.29, 0.717) is 6.42 Å². The minimum atomic E-state index is 0.541. The minimum absolute atomic E-state index is 0.541. The molecule has 1 aromatic rings. The minimum Gasteiger partial charge on any atom is -0.303 e. The summed E-state index contributed by atoms with van der Waals surface area (Å²) >= 11 is 8.17. The zero-order valence-electron chi connectivity index (χ0n) is 6.39. The number of aldehydes is 1. The molecule has 0 aliphatic carbocycles. The van der Waals surface area contributed by atoms with Gasteiger partial charge in [0, 0.05) is 15.0 Å². The molecule has 0 bridgehead atoms. The van der Waals surface area contributed by atoms with Crippen LogP contribution >= 0.6 is 34.2 Å². The van der Waals surface area contributed by atoms with Crippen LogP contribution in [-0.4, -0.2) is 6.29 Å². The average molecular weight is 295 g/mol. The molecule has 0 spiro atoms. The number of carbonyl (C=O) groups excluding carboxylic acids is 1. The van der Waals surface area contributed by atoms with Gasteiger partial charge in [0.25, 0.3) is 0 Å². The third-order valence-electron chi connectivity index (χ3n) is 1.57. The van der Waals surface area contributed by atoms with Gasteiger partial charge in [-0.3, -0.25) is 0 Å². The Labute approximate surface area is 90.3 Å². The van der Waals surface area contributed by atoms with Crippen molar-refractivity contribution in [2.24, 2.45) is 0 Å². The van der Waals surface area contributed by atoms with Crippen molar-refractivity contribution in [2.75, 3.05) is 0 Å². The maximum absolute atomic E-state index is 10.2. The van der Waals surface area contributed by atoms with E-state index in [1.165, 1.54) is 0 Å². The van der Waals surface area contributed by atoms with Crippen LogP contribution in [0.15, 0.2) is 18.2 Å². The highest BCUT2D eigenvalue weighted by Crippen LogP contribution is 2.22. The van der Waals surface area contributed by atoms with Gasteiger partial charge in [-0.25, -0.2) is 0 Å². The Morgan fingerprint density at radius 3 is 2.83 bits per heavy atom. The fourth-order valence-electron chi connectivity index (χ4n) is 0.974. The van der Waals surface area contributed by atoms with Gasteiger partial charge >= 0.3 is 0 Å². The standard InChI is InChI=1S/C9H8ClIO/c10-8-4-1-5-9(11)7(8)3-2-6-12/h1,4-6H,2-3H2. The summed E-state index contributed by atoms with van der Waals surface area (Å²) in [5.41, 5.74) is 1.08. The fourth-order valence-corrected chi connectivity index (χ4v) is 2.17. The molecule has 0 saturated heterocycles. The monoisotopic (exact) mass is 294 g/mol. The second-order valence-electron chi connectivity index (χ2n) is 2.41. The van der Waals surface area contributed by atoms with E-state index in [0.717, 1.165) is 26.9 Å².